The fourth-order valence-electron chi connectivity index (χ4n) is 3.21. The molecule has 0 spiro atoms. The number of rotatable bonds is 7. The van der Waals surface area contributed by atoms with Crippen LogP contribution in [0.15, 0.2) is 67.3 Å². The summed E-state index contributed by atoms with van der Waals surface area (Å²) in [5, 5.41) is 9.38. The molecule has 152 valence electrons. The summed E-state index contributed by atoms with van der Waals surface area (Å²) in [6.07, 6.45) is 4.91. The van der Waals surface area contributed by atoms with Crippen molar-refractivity contribution in [3.8, 4) is 0 Å². The first kappa shape index (κ1) is 19.7. The lowest BCUT2D eigenvalue weighted by molar-refractivity contribution is 0.0707. The van der Waals surface area contributed by atoms with Gasteiger partial charge in [-0.3, -0.25) is 9.78 Å². The zero-order valence-corrected chi connectivity index (χ0v) is 16.1. The highest BCUT2D eigenvalue weighted by Crippen LogP contribution is 2.16. The Morgan fingerprint density at radius 2 is 1.93 bits per heavy atom. The Morgan fingerprint density at radius 3 is 2.67 bits per heavy atom. The average molecular weight is 405 g/mol. The van der Waals surface area contributed by atoms with Crippen molar-refractivity contribution in [2.45, 2.75) is 13.1 Å². The third kappa shape index (κ3) is 4.33. The number of benzene rings is 1. The number of hydrogen-bond acceptors (Lipinski definition) is 5. The molecule has 4 rings (SSSR count). The van der Waals surface area contributed by atoms with E-state index in [0.29, 0.717) is 23.3 Å². The molecule has 0 saturated carbocycles. The van der Waals surface area contributed by atoms with Crippen molar-refractivity contribution < 1.29 is 14.3 Å². The molecule has 8 heteroatoms. The fraction of sp³-hybridized carbons (Fsp3) is 0.182. The Kier molecular flexibility index (Phi) is 5.76. The molecule has 1 aromatic carbocycles. The molecule has 0 fully saturated rings. The van der Waals surface area contributed by atoms with Gasteiger partial charge >= 0.3 is 0 Å². The van der Waals surface area contributed by atoms with Crippen LogP contribution in [-0.4, -0.2) is 48.6 Å². The van der Waals surface area contributed by atoms with E-state index in [1.807, 2.05) is 22.8 Å². The van der Waals surface area contributed by atoms with Crippen LogP contribution < -0.4 is 0 Å². The van der Waals surface area contributed by atoms with E-state index in [-0.39, 0.29) is 31.4 Å². The minimum atomic E-state index is -0.338. The number of aromatic nitrogens is 4. The summed E-state index contributed by atoms with van der Waals surface area (Å²) in [7, 11) is 0. The third-order valence-electron chi connectivity index (χ3n) is 4.70. The molecule has 0 saturated heterocycles. The number of aliphatic hydroxyl groups excluding tert-OH is 1. The Balaban J connectivity index is 1.56. The molecule has 0 aliphatic heterocycles. The van der Waals surface area contributed by atoms with E-state index in [4.69, 9.17) is 0 Å². The molecule has 1 amide bonds. The zero-order chi connectivity index (χ0) is 20.9. The molecular formula is C22H20FN5O2. The quantitative estimate of drug-likeness (QED) is 0.511. The van der Waals surface area contributed by atoms with Gasteiger partial charge in [-0.25, -0.2) is 14.4 Å². The van der Waals surface area contributed by atoms with Crippen LogP contribution >= 0.6 is 0 Å². The van der Waals surface area contributed by atoms with E-state index < -0.39 is 0 Å². The van der Waals surface area contributed by atoms with Crippen LogP contribution in [0.4, 0.5) is 4.39 Å². The van der Waals surface area contributed by atoms with Gasteiger partial charge in [0.2, 0.25) is 0 Å². The summed E-state index contributed by atoms with van der Waals surface area (Å²) in [6.45, 7) is 0.758. The smallest absolute Gasteiger partial charge is 0.255 e. The number of nitrogens with zero attached hydrogens (tertiary/aromatic N) is 5. The molecule has 30 heavy (non-hydrogen) atoms. The fourth-order valence-corrected chi connectivity index (χ4v) is 3.21. The number of carbonyl (C=O) groups is 1. The molecule has 0 aliphatic carbocycles. The van der Waals surface area contributed by atoms with Crippen molar-refractivity contribution in [2.75, 3.05) is 13.2 Å². The number of carbonyl (C=O) groups excluding carboxylic acids is 1. The highest BCUT2D eigenvalue weighted by molar-refractivity contribution is 5.96. The van der Waals surface area contributed by atoms with Gasteiger partial charge in [-0.05, 0) is 35.9 Å². The van der Waals surface area contributed by atoms with Crippen LogP contribution in [0.1, 0.15) is 21.6 Å². The SMILES string of the molecule is O=C(c1cnc2c(c1)ncn2Cc1ccccn1)N(CCO)Cc1ccc(F)cc1. The Morgan fingerprint density at radius 1 is 1.10 bits per heavy atom. The molecule has 0 unspecified atom stereocenters. The minimum absolute atomic E-state index is 0.155. The van der Waals surface area contributed by atoms with Crippen molar-refractivity contribution in [3.05, 3.63) is 89.9 Å². The highest BCUT2D eigenvalue weighted by atomic mass is 19.1. The van der Waals surface area contributed by atoms with Gasteiger partial charge in [-0.2, -0.15) is 0 Å². The third-order valence-corrected chi connectivity index (χ3v) is 4.70. The number of aliphatic hydroxyl groups is 1. The molecule has 7 nitrogen and oxygen atoms in total. The van der Waals surface area contributed by atoms with E-state index in [2.05, 4.69) is 15.0 Å². The number of pyridine rings is 2. The summed E-state index contributed by atoms with van der Waals surface area (Å²) in [5.41, 5.74) is 3.28. The lowest BCUT2D eigenvalue weighted by Gasteiger charge is -2.22. The highest BCUT2D eigenvalue weighted by Gasteiger charge is 2.18. The summed E-state index contributed by atoms with van der Waals surface area (Å²) in [6, 6.07) is 13.3. The van der Waals surface area contributed by atoms with Crippen LogP contribution in [0, 0.1) is 5.82 Å². The molecule has 0 radical (unpaired) electrons. The van der Waals surface area contributed by atoms with Crippen LogP contribution in [0.2, 0.25) is 0 Å². The topological polar surface area (TPSA) is 84.1 Å². The average Bonchev–Trinajstić information content (AvgIpc) is 3.17. The predicted octanol–water partition coefficient (Wildman–Crippen LogP) is 2.65. The van der Waals surface area contributed by atoms with Crippen molar-refractivity contribution in [3.63, 3.8) is 0 Å². The van der Waals surface area contributed by atoms with Gasteiger partial charge in [0, 0.05) is 25.5 Å². The van der Waals surface area contributed by atoms with Crippen LogP contribution in [0.25, 0.3) is 11.2 Å². The molecule has 3 heterocycles. The van der Waals surface area contributed by atoms with Crippen LogP contribution in [-0.2, 0) is 13.1 Å². The molecule has 0 aliphatic rings. The van der Waals surface area contributed by atoms with Crippen molar-refractivity contribution >= 4 is 17.1 Å². The molecular weight excluding hydrogens is 385 g/mol. The van der Waals surface area contributed by atoms with E-state index >= 15 is 0 Å². The largest absolute Gasteiger partial charge is 0.395 e. The lowest BCUT2D eigenvalue weighted by atomic mass is 10.1. The number of halogens is 1. The zero-order valence-electron chi connectivity index (χ0n) is 16.1. The van der Waals surface area contributed by atoms with Gasteiger partial charge in [-0.1, -0.05) is 18.2 Å². The maximum atomic E-state index is 13.1. The Hall–Kier alpha value is -3.65. The van der Waals surface area contributed by atoms with Gasteiger partial charge in [0.1, 0.15) is 11.3 Å². The first-order valence-electron chi connectivity index (χ1n) is 9.49. The Labute approximate surface area is 172 Å². The summed E-state index contributed by atoms with van der Waals surface area (Å²) in [4.78, 5) is 27.6. The van der Waals surface area contributed by atoms with Crippen molar-refractivity contribution in [2.24, 2.45) is 0 Å². The van der Waals surface area contributed by atoms with E-state index in [9.17, 15) is 14.3 Å². The Bertz CT molecular complexity index is 1150. The number of imidazole rings is 1. The van der Waals surface area contributed by atoms with Crippen molar-refractivity contribution in [1.82, 2.24) is 24.4 Å². The van der Waals surface area contributed by atoms with Crippen LogP contribution in [0.3, 0.4) is 0 Å². The lowest BCUT2D eigenvalue weighted by Crippen LogP contribution is -2.33. The normalized spacial score (nSPS) is 11.0. The molecule has 0 atom stereocenters. The van der Waals surface area contributed by atoms with E-state index in [0.717, 1.165) is 11.3 Å². The monoisotopic (exact) mass is 405 g/mol. The maximum absolute atomic E-state index is 13.1. The second-order valence-electron chi connectivity index (χ2n) is 6.84. The van der Waals surface area contributed by atoms with Gasteiger partial charge in [0.25, 0.3) is 5.91 Å². The second kappa shape index (κ2) is 8.79. The summed E-state index contributed by atoms with van der Waals surface area (Å²) < 4.78 is 15.0. The molecule has 3 aromatic heterocycles. The number of hydrogen-bond donors (Lipinski definition) is 1. The maximum Gasteiger partial charge on any atom is 0.255 e. The van der Waals surface area contributed by atoms with Gasteiger partial charge < -0.3 is 14.6 Å². The summed E-state index contributed by atoms with van der Waals surface area (Å²) >= 11 is 0. The second-order valence-corrected chi connectivity index (χ2v) is 6.84. The molecule has 4 aromatic rings. The van der Waals surface area contributed by atoms with Crippen molar-refractivity contribution in [1.29, 1.82) is 0 Å². The van der Waals surface area contributed by atoms with Gasteiger partial charge in [0.05, 0.1) is 30.7 Å². The molecule has 1 N–H and O–H groups in total. The predicted molar refractivity (Wildman–Crippen MR) is 109 cm³/mol. The molecule has 0 bridgehead atoms. The van der Waals surface area contributed by atoms with Crippen LogP contribution in [0.5, 0.6) is 0 Å². The summed E-state index contributed by atoms with van der Waals surface area (Å²) in [5.74, 6) is -0.614. The number of amides is 1. The standard InChI is InChI=1S/C22H20FN5O2/c23-18-6-4-16(5-7-18)13-27(9-10-29)22(30)17-11-20-21(25-12-17)28(15-26-20)14-19-3-1-2-8-24-19/h1-8,11-12,15,29H,9-10,13-14H2. The van der Waals surface area contributed by atoms with E-state index in [1.54, 1.807) is 30.7 Å². The van der Waals surface area contributed by atoms with Gasteiger partial charge in [-0.15, -0.1) is 0 Å². The van der Waals surface area contributed by atoms with Gasteiger partial charge in [0.15, 0.2) is 5.65 Å². The first-order chi connectivity index (χ1) is 14.6. The minimum Gasteiger partial charge on any atom is -0.395 e. The first-order valence-corrected chi connectivity index (χ1v) is 9.49. The number of fused-ring (bicyclic) bond motifs is 1. The van der Waals surface area contributed by atoms with E-state index in [1.165, 1.54) is 23.2 Å².